The van der Waals surface area contributed by atoms with Crippen LogP contribution in [-0.4, -0.2) is 52.3 Å². The van der Waals surface area contributed by atoms with E-state index in [-0.39, 0.29) is 5.54 Å². The molecular formula is C15H32N2OS. The lowest BCUT2D eigenvalue weighted by Crippen LogP contribution is -2.50. The van der Waals surface area contributed by atoms with Crippen LogP contribution in [0.3, 0.4) is 0 Å². The number of nitrogens with one attached hydrogen (secondary N) is 1. The molecule has 0 aromatic heterocycles. The van der Waals surface area contributed by atoms with Gasteiger partial charge in [0.2, 0.25) is 0 Å². The van der Waals surface area contributed by atoms with Gasteiger partial charge in [0.15, 0.2) is 0 Å². The van der Waals surface area contributed by atoms with E-state index in [1.165, 1.54) is 12.8 Å². The molecule has 0 saturated carbocycles. The molecule has 0 atom stereocenters. The quantitative estimate of drug-likeness (QED) is 0.813. The van der Waals surface area contributed by atoms with Gasteiger partial charge in [-0.15, -0.1) is 0 Å². The molecule has 1 heterocycles. The van der Waals surface area contributed by atoms with Crippen LogP contribution in [0.1, 0.15) is 47.5 Å². The third-order valence-electron chi connectivity index (χ3n) is 4.32. The highest BCUT2D eigenvalue weighted by atomic mass is 32.2. The molecule has 0 bridgehead atoms. The molecule has 4 heteroatoms. The van der Waals surface area contributed by atoms with Crippen molar-refractivity contribution in [2.24, 2.45) is 5.41 Å². The molecule has 0 amide bonds. The predicted molar refractivity (Wildman–Crippen MR) is 85.1 cm³/mol. The first-order chi connectivity index (χ1) is 8.80. The zero-order valence-corrected chi connectivity index (χ0v) is 14.2. The summed E-state index contributed by atoms with van der Waals surface area (Å²) >= 11 is 0. The monoisotopic (exact) mass is 288 g/mol. The highest BCUT2D eigenvalue weighted by Crippen LogP contribution is 2.28. The summed E-state index contributed by atoms with van der Waals surface area (Å²) in [6.07, 6.45) is 2.40. The standard InChI is InChI=1S/C15H32N2OS/c1-6-15(7-2,12-16-14(3,4)5)13-17-8-10-19(18)11-9-17/h16H,6-13H2,1-5H3. The van der Waals surface area contributed by atoms with Gasteiger partial charge in [0, 0.05) is 54.0 Å². The first-order valence-electron chi connectivity index (χ1n) is 7.62. The number of rotatable bonds is 6. The summed E-state index contributed by atoms with van der Waals surface area (Å²) in [5, 5.41) is 3.68. The summed E-state index contributed by atoms with van der Waals surface area (Å²) in [5.74, 6) is 1.71. The zero-order chi connectivity index (χ0) is 14.5. The van der Waals surface area contributed by atoms with E-state index in [9.17, 15) is 4.21 Å². The van der Waals surface area contributed by atoms with Crippen LogP contribution in [0.25, 0.3) is 0 Å². The van der Waals surface area contributed by atoms with Gasteiger partial charge in [-0.05, 0) is 39.0 Å². The lowest BCUT2D eigenvalue weighted by Gasteiger charge is -2.40. The maximum atomic E-state index is 11.4. The molecule has 0 radical (unpaired) electrons. The van der Waals surface area contributed by atoms with Crippen molar-refractivity contribution < 1.29 is 4.21 Å². The van der Waals surface area contributed by atoms with E-state index in [2.05, 4.69) is 44.8 Å². The van der Waals surface area contributed by atoms with Crippen LogP contribution in [0.5, 0.6) is 0 Å². The fourth-order valence-corrected chi connectivity index (χ4v) is 3.67. The fourth-order valence-electron chi connectivity index (χ4n) is 2.54. The van der Waals surface area contributed by atoms with Crippen LogP contribution >= 0.6 is 0 Å². The van der Waals surface area contributed by atoms with Crippen molar-refractivity contribution in [3.8, 4) is 0 Å². The lowest BCUT2D eigenvalue weighted by molar-refractivity contribution is 0.133. The maximum absolute atomic E-state index is 11.4. The van der Waals surface area contributed by atoms with Crippen LogP contribution in [0.4, 0.5) is 0 Å². The highest BCUT2D eigenvalue weighted by molar-refractivity contribution is 7.85. The number of hydrogen-bond donors (Lipinski definition) is 1. The summed E-state index contributed by atoms with van der Waals surface area (Å²) in [5.41, 5.74) is 0.533. The van der Waals surface area contributed by atoms with E-state index in [1.807, 2.05) is 0 Å². The molecule has 0 unspecified atom stereocenters. The van der Waals surface area contributed by atoms with Crippen molar-refractivity contribution >= 4 is 10.8 Å². The van der Waals surface area contributed by atoms with Crippen LogP contribution in [0.15, 0.2) is 0 Å². The zero-order valence-electron chi connectivity index (χ0n) is 13.4. The van der Waals surface area contributed by atoms with Crippen LogP contribution < -0.4 is 5.32 Å². The molecule has 0 aromatic rings. The van der Waals surface area contributed by atoms with Gasteiger partial charge in [-0.1, -0.05) is 13.8 Å². The van der Waals surface area contributed by atoms with Crippen molar-refractivity contribution in [2.45, 2.75) is 53.0 Å². The van der Waals surface area contributed by atoms with Gasteiger partial charge in [0.05, 0.1) is 0 Å². The Morgan fingerprint density at radius 2 is 1.63 bits per heavy atom. The van der Waals surface area contributed by atoms with E-state index >= 15 is 0 Å². The van der Waals surface area contributed by atoms with Crippen molar-refractivity contribution in [1.29, 1.82) is 0 Å². The second kappa shape index (κ2) is 7.19. The molecule has 19 heavy (non-hydrogen) atoms. The van der Waals surface area contributed by atoms with Gasteiger partial charge in [-0.3, -0.25) is 4.21 Å². The van der Waals surface area contributed by atoms with E-state index in [1.54, 1.807) is 0 Å². The molecule has 0 spiro atoms. The third-order valence-corrected chi connectivity index (χ3v) is 5.60. The SMILES string of the molecule is CCC(CC)(CNC(C)(C)C)CN1CCS(=O)CC1. The second-order valence-corrected chi connectivity index (χ2v) is 8.63. The minimum atomic E-state index is -0.568. The van der Waals surface area contributed by atoms with Gasteiger partial charge in [-0.25, -0.2) is 0 Å². The van der Waals surface area contributed by atoms with Crippen molar-refractivity contribution in [2.75, 3.05) is 37.7 Å². The van der Waals surface area contributed by atoms with Gasteiger partial charge < -0.3 is 10.2 Å². The average Bonchev–Trinajstić information content (AvgIpc) is 2.36. The summed E-state index contributed by atoms with van der Waals surface area (Å²) in [6.45, 7) is 15.5. The highest BCUT2D eigenvalue weighted by Gasteiger charge is 2.31. The maximum Gasteiger partial charge on any atom is 0.0363 e. The summed E-state index contributed by atoms with van der Waals surface area (Å²) < 4.78 is 11.4. The van der Waals surface area contributed by atoms with Gasteiger partial charge in [0.25, 0.3) is 0 Å². The molecular weight excluding hydrogens is 256 g/mol. The van der Waals surface area contributed by atoms with E-state index < -0.39 is 10.8 Å². The third kappa shape index (κ3) is 5.92. The molecule has 0 aliphatic carbocycles. The Bertz CT molecular complexity index is 285. The fraction of sp³-hybridized carbons (Fsp3) is 1.00. The second-order valence-electron chi connectivity index (χ2n) is 6.93. The minimum Gasteiger partial charge on any atom is -0.311 e. The first-order valence-corrected chi connectivity index (χ1v) is 9.11. The Morgan fingerprint density at radius 3 is 2.05 bits per heavy atom. The average molecular weight is 289 g/mol. The Balaban J connectivity index is 2.57. The van der Waals surface area contributed by atoms with Gasteiger partial charge in [-0.2, -0.15) is 0 Å². The molecule has 1 N–H and O–H groups in total. The number of nitrogens with zero attached hydrogens (tertiary/aromatic N) is 1. The first kappa shape index (κ1) is 17.1. The van der Waals surface area contributed by atoms with Crippen molar-refractivity contribution in [1.82, 2.24) is 10.2 Å². The Kier molecular flexibility index (Phi) is 6.48. The Morgan fingerprint density at radius 1 is 1.11 bits per heavy atom. The molecule has 1 fully saturated rings. The van der Waals surface area contributed by atoms with Crippen molar-refractivity contribution in [3.63, 3.8) is 0 Å². The molecule has 0 aromatic carbocycles. The predicted octanol–water partition coefficient (Wildman–Crippen LogP) is 2.25. The summed E-state index contributed by atoms with van der Waals surface area (Å²) in [4.78, 5) is 2.51. The Hall–Kier alpha value is 0.0700. The normalized spacial score (nSPS) is 19.8. The van der Waals surface area contributed by atoms with Crippen LogP contribution in [-0.2, 0) is 10.8 Å². The summed E-state index contributed by atoms with van der Waals surface area (Å²) in [6, 6.07) is 0. The summed E-state index contributed by atoms with van der Waals surface area (Å²) in [7, 11) is -0.568. The van der Waals surface area contributed by atoms with Crippen LogP contribution in [0.2, 0.25) is 0 Å². The molecule has 1 rings (SSSR count). The van der Waals surface area contributed by atoms with Crippen LogP contribution in [0, 0.1) is 5.41 Å². The van der Waals surface area contributed by atoms with E-state index in [0.29, 0.717) is 5.41 Å². The molecule has 3 nitrogen and oxygen atoms in total. The van der Waals surface area contributed by atoms with Crippen molar-refractivity contribution in [3.05, 3.63) is 0 Å². The Labute approximate surface area is 122 Å². The largest absolute Gasteiger partial charge is 0.311 e. The molecule has 1 aliphatic rings. The van der Waals surface area contributed by atoms with Gasteiger partial charge in [0.1, 0.15) is 0 Å². The van der Waals surface area contributed by atoms with E-state index in [4.69, 9.17) is 0 Å². The lowest BCUT2D eigenvalue weighted by atomic mass is 9.81. The topological polar surface area (TPSA) is 32.3 Å². The smallest absolute Gasteiger partial charge is 0.0363 e. The molecule has 1 saturated heterocycles. The van der Waals surface area contributed by atoms with Gasteiger partial charge >= 0.3 is 0 Å². The minimum absolute atomic E-state index is 0.180. The molecule has 114 valence electrons. The van der Waals surface area contributed by atoms with E-state index in [0.717, 1.165) is 37.7 Å². The number of hydrogen-bond acceptors (Lipinski definition) is 3. The molecule has 1 aliphatic heterocycles.